The number of nitrogens with zero attached hydrogens (tertiary/aromatic N) is 3. The van der Waals surface area contributed by atoms with E-state index in [4.69, 9.17) is 4.74 Å². The first-order valence-electron chi connectivity index (χ1n) is 7.10. The Morgan fingerprint density at radius 2 is 2.05 bits per heavy atom. The van der Waals surface area contributed by atoms with Crippen LogP contribution in [-0.2, 0) is 0 Å². The van der Waals surface area contributed by atoms with Crippen molar-refractivity contribution < 1.29 is 9.84 Å². The molecule has 2 heterocycles. The van der Waals surface area contributed by atoms with Crippen molar-refractivity contribution in [1.29, 1.82) is 0 Å². The summed E-state index contributed by atoms with van der Waals surface area (Å²) in [6.45, 7) is 3.96. The third-order valence-corrected chi connectivity index (χ3v) is 3.50. The van der Waals surface area contributed by atoms with E-state index in [0.29, 0.717) is 19.0 Å². The molecule has 0 spiro atoms. The Kier molecular flexibility index (Phi) is 3.69. The van der Waals surface area contributed by atoms with E-state index in [1.807, 2.05) is 31.2 Å². The highest BCUT2D eigenvalue weighted by molar-refractivity contribution is 5.77. The molecule has 1 atom stereocenters. The van der Waals surface area contributed by atoms with Crippen molar-refractivity contribution >= 4 is 16.9 Å². The molecule has 1 aliphatic heterocycles. The molecule has 1 saturated heterocycles. The van der Waals surface area contributed by atoms with Crippen molar-refractivity contribution in [3.8, 4) is 5.88 Å². The van der Waals surface area contributed by atoms with Crippen LogP contribution in [0.4, 0.5) is 5.82 Å². The van der Waals surface area contributed by atoms with Crippen LogP contribution in [-0.4, -0.2) is 40.9 Å². The van der Waals surface area contributed by atoms with Gasteiger partial charge < -0.3 is 14.7 Å². The molecule has 0 radical (unpaired) electrons. The first-order chi connectivity index (χ1) is 9.78. The molecule has 1 fully saturated rings. The van der Waals surface area contributed by atoms with E-state index in [2.05, 4.69) is 14.9 Å². The fraction of sp³-hybridized carbons (Fsp3) is 0.467. The molecule has 0 aliphatic carbocycles. The van der Waals surface area contributed by atoms with Gasteiger partial charge in [0.2, 0.25) is 0 Å². The number of rotatable bonds is 3. The van der Waals surface area contributed by atoms with Gasteiger partial charge in [0.15, 0.2) is 5.82 Å². The second-order valence-electron chi connectivity index (χ2n) is 5.02. The Morgan fingerprint density at radius 1 is 1.30 bits per heavy atom. The summed E-state index contributed by atoms with van der Waals surface area (Å²) in [5.41, 5.74) is 1.68. The average molecular weight is 273 g/mol. The standard InChI is InChI=1S/C15H19N3O2/c1-2-20-15-14(18-9-5-6-11(19)10-18)16-12-7-3-4-8-13(12)17-15/h3-4,7-8,11,19H,2,5-6,9-10H2,1H3/t11-/m0/s1. The van der Waals surface area contributed by atoms with Crippen molar-refractivity contribution in [3.63, 3.8) is 0 Å². The Morgan fingerprint density at radius 3 is 2.75 bits per heavy atom. The Hall–Kier alpha value is -1.88. The van der Waals surface area contributed by atoms with E-state index < -0.39 is 0 Å². The predicted molar refractivity (Wildman–Crippen MR) is 78.2 cm³/mol. The molecule has 5 heteroatoms. The Labute approximate surface area is 118 Å². The first kappa shape index (κ1) is 13.1. The van der Waals surface area contributed by atoms with Crippen molar-refractivity contribution in [2.75, 3.05) is 24.6 Å². The molecular formula is C15H19N3O2. The Bertz CT molecular complexity index is 603. The normalized spacial score (nSPS) is 19.3. The predicted octanol–water partition coefficient (Wildman–Crippen LogP) is 1.99. The van der Waals surface area contributed by atoms with Gasteiger partial charge in [0.25, 0.3) is 5.88 Å². The summed E-state index contributed by atoms with van der Waals surface area (Å²) in [5, 5.41) is 9.84. The molecule has 106 valence electrons. The maximum absolute atomic E-state index is 9.84. The minimum Gasteiger partial charge on any atom is -0.475 e. The smallest absolute Gasteiger partial charge is 0.258 e. The van der Waals surface area contributed by atoms with Crippen molar-refractivity contribution in [1.82, 2.24) is 9.97 Å². The van der Waals surface area contributed by atoms with Crippen molar-refractivity contribution in [2.24, 2.45) is 0 Å². The summed E-state index contributed by atoms with van der Waals surface area (Å²) in [6.07, 6.45) is 1.51. The van der Waals surface area contributed by atoms with E-state index in [1.54, 1.807) is 0 Å². The van der Waals surface area contributed by atoms with E-state index in [0.717, 1.165) is 36.2 Å². The Balaban J connectivity index is 2.04. The number of aromatic nitrogens is 2. The van der Waals surface area contributed by atoms with Crippen LogP contribution in [0.25, 0.3) is 11.0 Å². The summed E-state index contributed by atoms with van der Waals surface area (Å²) in [6, 6.07) is 7.77. The SMILES string of the molecule is CCOc1nc2ccccc2nc1N1CCC[C@H](O)C1. The highest BCUT2D eigenvalue weighted by Gasteiger charge is 2.23. The fourth-order valence-electron chi connectivity index (χ4n) is 2.56. The second-order valence-corrected chi connectivity index (χ2v) is 5.02. The number of aliphatic hydroxyl groups excluding tert-OH is 1. The van der Waals surface area contributed by atoms with Gasteiger partial charge in [-0.1, -0.05) is 12.1 Å². The van der Waals surface area contributed by atoms with Crippen LogP contribution in [0, 0.1) is 0 Å². The van der Waals surface area contributed by atoms with Crippen LogP contribution in [0.5, 0.6) is 5.88 Å². The lowest BCUT2D eigenvalue weighted by molar-refractivity contribution is 0.153. The lowest BCUT2D eigenvalue weighted by Gasteiger charge is -2.31. The molecule has 1 aromatic heterocycles. The van der Waals surface area contributed by atoms with Gasteiger partial charge in [-0.3, -0.25) is 0 Å². The molecule has 1 aliphatic rings. The lowest BCUT2D eigenvalue weighted by atomic mass is 10.1. The van der Waals surface area contributed by atoms with Gasteiger partial charge in [-0.2, -0.15) is 0 Å². The highest BCUT2D eigenvalue weighted by Crippen LogP contribution is 2.29. The lowest BCUT2D eigenvalue weighted by Crippen LogP contribution is -2.39. The van der Waals surface area contributed by atoms with Gasteiger partial charge in [-0.15, -0.1) is 0 Å². The molecule has 0 bridgehead atoms. The van der Waals surface area contributed by atoms with Crippen LogP contribution >= 0.6 is 0 Å². The highest BCUT2D eigenvalue weighted by atomic mass is 16.5. The number of hydrogen-bond donors (Lipinski definition) is 1. The van der Waals surface area contributed by atoms with Gasteiger partial charge in [0.1, 0.15) is 0 Å². The number of hydrogen-bond acceptors (Lipinski definition) is 5. The van der Waals surface area contributed by atoms with Crippen molar-refractivity contribution in [2.45, 2.75) is 25.9 Å². The molecule has 0 saturated carbocycles. The number of anilines is 1. The minimum atomic E-state index is -0.300. The minimum absolute atomic E-state index is 0.300. The molecular weight excluding hydrogens is 254 g/mol. The van der Waals surface area contributed by atoms with Crippen LogP contribution in [0.1, 0.15) is 19.8 Å². The second kappa shape index (κ2) is 5.63. The van der Waals surface area contributed by atoms with Crippen molar-refractivity contribution in [3.05, 3.63) is 24.3 Å². The van der Waals surface area contributed by atoms with E-state index >= 15 is 0 Å². The van der Waals surface area contributed by atoms with E-state index in [9.17, 15) is 5.11 Å². The summed E-state index contributed by atoms with van der Waals surface area (Å²) < 4.78 is 5.64. The zero-order valence-corrected chi connectivity index (χ0v) is 11.6. The van der Waals surface area contributed by atoms with Gasteiger partial charge in [-0.25, -0.2) is 9.97 Å². The van der Waals surface area contributed by atoms with Crippen LogP contribution < -0.4 is 9.64 Å². The monoisotopic (exact) mass is 273 g/mol. The largest absolute Gasteiger partial charge is 0.475 e. The number of fused-ring (bicyclic) bond motifs is 1. The first-order valence-corrected chi connectivity index (χ1v) is 7.10. The summed E-state index contributed by atoms with van der Waals surface area (Å²) in [4.78, 5) is 11.3. The quantitative estimate of drug-likeness (QED) is 0.926. The maximum Gasteiger partial charge on any atom is 0.258 e. The van der Waals surface area contributed by atoms with Crippen LogP contribution in [0.15, 0.2) is 24.3 Å². The van der Waals surface area contributed by atoms with Crippen LogP contribution in [0.3, 0.4) is 0 Å². The molecule has 1 N–H and O–H groups in total. The number of ether oxygens (including phenoxy) is 1. The van der Waals surface area contributed by atoms with E-state index in [1.165, 1.54) is 0 Å². The maximum atomic E-state index is 9.84. The average Bonchev–Trinajstić information content (AvgIpc) is 2.47. The molecule has 3 rings (SSSR count). The third-order valence-electron chi connectivity index (χ3n) is 3.50. The topological polar surface area (TPSA) is 58.5 Å². The number of benzene rings is 1. The summed E-state index contributed by atoms with van der Waals surface area (Å²) in [7, 11) is 0. The molecule has 0 amide bonds. The van der Waals surface area contributed by atoms with Gasteiger partial charge in [0.05, 0.1) is 23.7 Å². The molecule has 20 heavy (non-hydrogen) atoms. The number of aliphatic hydroxyl groups is 1. The third kappa shape index (κ3) is 2.54. The summed E-state index contributed by atoms with van der Waals surface area (Å²) in [5.74, 6) is 1.30. The van der Waals surface area contributed by atoms with Gasteiger partial charge in [-0.05, 0) is 31.9 Å². The number of piperidine rings is 1. The zero-order chi connectivity index (χ0) is 13.9. The van der Waals surface area contributed by atoms with Crippen LogP contribution in [0.2, 0.25) is 0 Å². The summed E-state index contributed by atoms with van der Waals surface area (Å²) >= 11 is 0. The molecule has 0 unspecified atom stereocenters. The zero-order valence-electron chi connectivity index (χ0n) is 11.6. The fourth-order valence-corrected chi connectivity index (χ4v) is 2.56. The number of para-hydroxylation sites is 2. The molecule has 1 aromatic carbocycles. The molecule has 5 nitrogen and oxygen atoms in total. The van der Waals surface area contributed by atoms with Gasteiger partial charge in [0, 0.05) is 13.1 Å². The van der Waals surface area contributed by atoms with E-state index in [-0.39, 0.29) is 6.10 Å². The van der Waals surface area contributed by atoms with Gasteiger partial charge >= 0.3 is 0 Å². The molecule has 2 aromatic rings. The number of β-amino-alcohol motifs (C(OH)–C–C–N with tert-alkyl or cyclic N) is 1.